The summed E-state index contributed by atoms with van der Waals surface area (Å²) in [6.45, 7) is 0. The number of carbonyl (C=O) groups is 1. The van der Waals surface area contributed by atoms with Crippen molar-refractivity contribution in [3.63, 3.8) is 0 Å². The van der Waals surface area contributed by atoms with Gasteiger partial charge in [-0.3, -0.25) is 5.10 Å². The van der Waals surface area contributed by atoms with Gasteiger partial charge >= 0.3 is 6.03 Å². The number of urea groups is 1. The second kappa shape index (κ2) is 5.68. The summed E-state index contributed by atoms with van der Waals surface area (Å²) in [5.41, 5.74) is 3.65. The third-order valence-corrected chi connectivity index (χ3v) is 5.54. The predicted molar refractivity (Wildman–Crippen MR) is 86.0 cm³/mol. The third-order valence-electron chi connectivity index (χ3n) is 4.36. The number of nitrogens with zero attached hydrogens (tertiary/aromatic N) is 1. The number of thioether (sulfide) groups is 1. The topological polar surface area (TPSA) is 69.8 Å². The molecule has 2 heterocycles. The number of rotatable bonds is 2. The summed E-state index contributed by atoms with van der Waals surface area (Å²) < 4.78 is 0. The fourth-order valence-electron chi connectivity index (χ4n) is 3.20. The molecule has 1 aliphatic heterocycles. The predicted octanol–water partition coefficient (Wildman–Crippen LogP) is 2.41. The summed E-state index contributed by atoms with van der Waals surface area (Å²) in [6, 6.07) is 8.48. The smallest absolute Gasteiger partial charge is 0.315 e. The van der Waals surface area contributed by atoms with Crippen LogP contribution in [0.1, 0.15) is 29.3 Å². The maximum atomic E-state index is 12.3. The number of benzene rings is 1. The first-order valence-electron chi connectivity index (χ1n) is 7.59. The highest BCUT2D eigenvalue weighted by molar-refractivity contribution is 7.99. The lowest BCUT2D eigenvalue weighted by Gasteiger charge is -2.24. The summed E-state index contributed by atoms with van der Waals surface area (Å²) >= 11 is 1.80. The van der Waals surface area contributed by atoms with Gasteiger partial charge in [0.1, 0.15) is 0 Å². The van der Waals surface area contributed by atoms with Crippen LogP contribution in [0.2, 0.25) is 0 Å². The van der Waals surface area contributed by atoms with Crippen LogP contribution in [0, 0.1) is 0 Å². The summed E-state index contributed by atoms with van der Waals surface area (Å²) in [6.07, 6.45) is 4.66. The monoisotopic (exact) mass is 314 g/mol. The van der Waals surface area contributed by atoms with Gasteiger partial charge in [-0.25, -0.2) is 4.79 Å². The van der Waals surface area contributed by atoms with Crippen molar-refractivity contribution >= 4 is 17.8 Å². The molecule has 6 heteroatoms. The minimum atomic E-state index is -0.0738. The number of hydrogen-bond acceptors (Lipinski definition) is 3. The average Bonchev–Trinajstić information content (AvgIpc) is 3.14. The Hall–Kier alpha value is -1.95. The molecule has 0 radical (unpaired) electrons. The number of amides is 2. The summed E-state index contributed by atoms with van der Waals surface area (Å²) in [4.78, 5) is 13.5. The molecule has 1 aliphatic carbocycles. The van der Waals surface area contributed by atoms with E-state index in [1.165, 1.54) is 16.0 Å². The Bertz CT molecular complexity index is 699. The van der Waals surface area contributed by atoms with E-state index in [1.54, 1.807) is 11.8 Å². The Morgan fingerprint density at radius 1 is 1.32 bits per heavy atom. The molecule has 0 saturated carbocycles. The van der Waals surface area contributed by atoms with Crippen molar-refractivity contribution in [1.29, 1.82) is 0 Å². The van der Waals surface area contributed by atoms with Crippen LogP contribution in [0.25, 0.3) is 0 Å². The lowest BCUT2D eigenvalue weighted by molar-refractivity contribution is 0.232. The normalized spacial score (nSPS) is 22.7. The molecule has 1 aromatic heterocycles. The maximum Gasteiger partial charge on any atom is 0.315 e. The van der Waals surface area contributed by atoms with Gasteiger partial charge in [0.15, 0.2) is 0 Å². The average molecular weight is 314 g/mol. The fraction of sp³-hybridized carbons (Fsp3) is 0.375. The van der Waals surface area contributed by atoms with Gasteiger partial charge in [0.25, 0.3) is 0 Å². The van der Waals surface area contributed by atoms with E-state index in [1.807, 2.05) is 18.3 Å². The molecule has 0 fully saturated rings. The molecule has 0 saturated heterocycles. The highest BCUT2D eigenvalue weighted by Gasteiger charge is 2.26. The largest absolute Gasteiger partial charge is 0.335 e. The lowest BCUT2D eigenvalue weighted by atomic mass is 9.94. The van der Waals surface area contributed by atoms with Gasteiger partial charge in [0.05, 0.1) is 12.2 Å². The summed E-state index contributed by atoms with van der Waals surface area (Å²) in [5, 5.41) is 13.3. The van der Waals surface area contributed by atoms with Gasteiger partial charge in [-0.2, -0.15) is 5.10 Å². The van der Waals surface area contributed by atoms with E-state index in [9.17, 15) is 4.79 Å². The second-order valence-electron chi connectivity index (χ2n) is 5.83. The molecule has 22 heavy (non-hydrogen) atoms. The van der Waals surface area contributed by atoms with Crippen molar-refractivity contribution in [2.45, 2.75) is 36.2 Å². The molecule has 1 aromatic carbocycles. The Morgan fingerprint density at radius 3 is 3.18 bits per heavy atom. The SMILES string of the molecule is O=C(NC1CCc2cn[nH]c2C1)NC1CSc2ccccc21. The molecule has 2 atom stereocenters. The molecule has 2 aliphatic rings. The summed E-state index contributed by atoms with van der Waals surface area (Å²) in [7, 11) is 0. The van der Waals surface area contributed by atoms with Gasteiger partial charge in [-0.1, -0.05) is 18.2 Å². The summed E-state index contributed by atoms with van der Waals surface area (Å²) in [5.74, 6) is 0.905. The fourth-order valence-corrected chi connectivity index (χ4v) is 4.36. The zero-order valence-electron chi connectivity index (χ0n) is 12.1. The number of aromatic amines is 1. The van der Waals surface area contributed by atoms with Crippen LogP contribution in [-0.2, 0) is 12.8 Å². The van der Waals surface area contributed by atoms with E-state index in [-0.39, 0.29) is 18.1 Å². The molecule has 5 nitrogen and oxygen atoms in total. The molecule has 0 spiro atoms. The number of aryl methyl sites for hydroxylation is 1. The molecule has 114 valence electrons. The van der Waals surface area contributed by atoms with Crippen LogP contribution in [0.4, 0.5) is 4.79 Å². The van der Waals surface area contributed by atoms with E-state index in [2.05, 4.69) is 33.0 Å². The minimum Gasteiger partial charge on any atom is -0.335 e. The second-order valence-corrected chi connectivity index (χ2v) is 6.89. The van der Waals surface area contributed by atoms with E-state index in [0.717, 1.165) is 30.7 Å². The molecule has 2 aromatic rings. The first-order chi connectivity index (χ1) is 10.8. The first-order valence-corrected chi connectivity index (χ1v) is 8.58. The van der Waals surface area contributed by atoms with E-state index in [4.69, 9.17) is 0 Å². The van der Waals surface area contributed by atoms with Crippen LogP contribution >= 0.6 is 11.8 Å². The van der Waals surface area contributed by atoms with Crippen molar-refractivity contribution < 1.29 is 4.79 Å². The highest BCUT2D eigenvalue weighted by Crippen LogP contribution is 2.37. The van der Waals surface area contributed by atoms with E-state index in [0.29, 0.717) is 0 Å². The number of aromatic nitrogens is 2. The van der Waals surface area contributed by atoms with E-state index < -0.39 is 0 Å². The Labute approximate surface area is 133 Å². The van der Waals surface area contributed by atoms with Gasteiger partial charge in [-0.15, -0.1) is 11.8 Å². The molecule has 0 bridgehead atoms. The van der Waals surface area contributed by atoms with Gasteiger partial charge in [0, 0.05) is 28.8 Å². The highest BCUT2D eigenvalue weighted by atomic mass is 32.2. The lowest BCUT2D eigenvalue weighted by Crippen LogP contribution is -2.45. The number of fused-ring (bicyclic) bond motifs is 2. The standard InChI is InChI=1S/C16H18N4OS/c21-16(18-11-6-5-10-8-17-20-13(10)7-11)19-14-9-22-15-4-2-1-3-12(14)15/h1-4,8,11,14H,5-7,9H2,(H,17,20)(H2,18,19,21). The zero-order chi connectivity index (χ0) is 14.9. The third kappa shape index (κ3) is 2.59. The zero-order valence-corrected chi connectivity index (χ0v) is 13.0. The van der Waals surface area contributed by atoms with Crippen molar-refractivity contribution in [2.75, 3.05) is 5.75 Å². The van der Waals surface area contributed by atoms with Gasteiger partial charge in [0.2, 0.25) is 0 Å². The van der Waals surface area contributed by atoms with Crippen molar-refractivity contribution in [1.82, 2.24) is 20.8 Å². The Morgan fingerprint density at radius 2 is 2.23 bits per heavy atom. The number of carbonyl (C=O) groups excluding carboxylic acids is 1. The number of hydrogen-bond donors (Lipinski definition) is 3. The molecular formula is C16H18N4OS. The molecule has 3 N–H and O–H groups in total. The number of H-pyrrole nitrogens is 1. The Balaban J connectivity index is 1.36. The van der Waals surface area contributed by atoms with Gasteiger partial charge in [-0.05, 0) is 30.0 Å². The molecular weight excluding hydrogens is 296 g/mol. The molecule has 2 unspecified atom stereocenters. The van der Waals surface area contributed by atoms with E-state index >= 15 is 0 Å². The van der Waals surface area contributed by atoms with Gasteiger partial charge < -0.3 is 10.6 Å². The van der Waals surface area contributed by atoms with Crippen LogP contribution in [0.5, 0.6) is 0 Å². The molecule has 2 amide bonds. The van der Waals surface area contributed by atoms with Crippen LogP contribution in [0.3, 0.4) is 0 Å². The number of nitrogens with one attached hydrogen (secondary N) is 3. The quantitative estimate of drug-likeness (QED) is 0.797. The van der Waals surface area contributed by atoms with Crippen LogP contribution in [0.15, 0.2) is 35.4 Å². The van der Waals surface area contributed by atoms with Crippen LogP contribution in [-0.4, -0.2) is 28.0 Å². The van der Waals surface area contributed by atoms with Crippen LogP contribution < -0.4 is 10.6 Å². The maximum absolute atomic E-state index is 12.3. The Kier molecular flexibility index (Phi) is 3.54. The van der Waals surface area contributed by atoms with Crippen molar-refractivity contribution in [2.24, 2.45) is 0 Å². The van der Waals surface area contributed by atoms with Crippen molar-refractivity contribution in [3.8, 4) is 0 Å². The molecule has 4 rings (SSSR count). The minimum absolute atomic E-state index is 0.0738. The van der Waals surface area contributed by atoms with Crippen molar-refractivity contribution in [3.05, 3.63) is 47.3 Å². The first kappa shape index (κ1) is 13.7.